The van der Waals surface area contributed by atoms with Crippen molar-refractivity contribution in [1.29, 1.82) is 0 Å². The van der Waals surface area contributed by atoms with Crippen molar-refractivity contribution in [2.75, 3.05) is 39.4 Å². The van der Waals surface area contributed by atoms with Crippen LogP contribution >= 0.6 is 0 Å². The van der Waals surface area contributed by atoms with Gasteiger partial charge in [0.05, 0.1) is 24.2 Å². The van der Waals surface area contributed by atoms with Crippen LogP contribution in [0.1, 0.15) is 18.4 Å². The Morgan fingerprint density at radius 1 is 0.963 bits per heavy atom. The Hall–Kier alpha value is -2.21. The van der Waals surface area contributed by atoms with E-state index < -0.39 is 0 Å². The minimum atomic E-state index is 0.892. The molecule has 142 valence electrons. The van der Waals surface area contributed by atoms with Crippen LogP contribution in [0.15, 0.2) is 54.9 Å². The Labute approximate surface area is 161 Å². The summed E-state index contributed by atoms with van der Waals surface area (Å²) in [5.41, 5.74) is 4.64. The summed E-state index contributed by atoms with van der Waals surface area (Å²) in [6.07, 6.45) is 4.36. The predicted octanol–water partition coefficient (Wildman–Crippen LogP) is 3.23. The van der Waals surface area contributed by atoms with Crippen LogP contribution in [-0.4, -0.2) is 53.8 Å². The summed E-state index contributed by atoms with van der Waals surface area (Å²) in [6.45, 7) is 7.14. The molecule has 1 saturated heterocycles. The molecule has 1 aliphatic heterocycles. The van der Waals surface area contributed by atoms with Crippen LogP contribution in [0.2, 0.25) is 0 Å². The molecule has 0 saturated carbocycles. The van der Waals surface area contributed by atoms with E-state index in [2.05, 4.69) is 56.2 Å². The molecule has 1 aromatic heterocycles. The minimum Gasteiger partial charge on any atom is -0.379 e. The zero-order valence-electron chi connectivity index (χ0n) is 15.8. The van der Waals surface area contributed by atoms with Crippen LogP contribution in [0.3, 0.4) is 0 Å². The van der Waals surface area contributed by atoms with E-state index in [9.17, 15) is 0 Å². The summed E-state index contributed by atoms with van der Waals surface area (Å²) in [5, 5.41) is 3.56. The van der Waals surface area contributed by atoms with Crippen LogP contribution in [0, 0.1) is 0 Å². The van der Waals surface area contributed by atoms with E-state index in [1.807, 2.05) is 18.5 Å². The molecule has 3 aromatic rings. The number of imidazole rings is 1. The molecule has 5 nitrogen and oxygen atoms in total. The number of para-hydroxylation sites is 2. The van der Waals surface area contributed by atoms with Crippen LogP contribution in [-0.2, 0) is 11.3 Å². The van der Waals surface area contributed by atoms with Crippen molar-refractivity contribution in [1.82, 2.24) is 19.8 Å². The van der Waals surface area contributed by atoms with Crippen molar-refractivity contribution in [2.45, 2.75) is 19.4 Å². The lowest BCUT2D eigenvalue weighted by molar-refractivity contribution is 0.0372. The molecule has 2 aromatic carbocycles. The first-order valence-electron chi connectivity index (χ1n) is 9.92. The molecule has 0 spiro atoms. The summed E-state index contributed by atoms with van der Waals surface area (Å²) < 4.78 is 7.52. The van der Waals surface area contributed by atoms with Gasteiger partial charge in [0.15, 0.2) is 0 Å². The van der Waals surface area contributed by atoms with Gasteiger partial charge in [-0.05, 0) is 55.8 Å². The number of unbranched alkanes of at least 4 members (excludes halogenated alkanes) is 1. The van der Waals surface area contributed by atoms with Crippen LogP contribution < -0.4 is 5.32 Å². The van der Waals surface area contributed by atoms with E-state index >= 15 is 0 Å². The van der Waals surface area contributed by atoms with Crippen LogP contribution in [0.5, 0.6) is 0 Å². The second-order valence-electron chi connectivity index (χ2n) is 7.11. The van der Waals surface area contributed by atoms with Crippen molar-refractivity contribution in [2.24, 2.45) is 0 Å². The fourth-order valence-electron chi connectivity index (χ4n) is 3.58. The van der Waals surface area contributed by atoms with Gasteiger partial charge in [0.25, 0.3) is 0 Å². The number of hydrogen-bond donors (Lipinski definition) is 1. The molecule has 0 radical (unpaired) electrons. The molecule has 1 N–H and O–H groups in total. The van der Waals surface area contributed by atoms with Gasteiger partial charge in [-0.15, -0.1) is 0 Å². The first-order chi connectivity index (χ1) is 13.4. The number of ether oxygens (including phenoxy) is 1. The Morgan fingerprint density at radius 2 is 1.78 bits per heavy atom. The molecular formula is C22H28N4O. The van der Waals surface area contributed by atoms with Gasteiger partial charge >= 0.3 is 0 Å². The molecular weight excluding hydrogens is 336 g/mol. The Kier molecular flexibility index (Phi) is 6.14. The SMILES string of the molecule is c1ccc2c(c1)ncn2-c1ccc(CNCCCCN2CCOCC2)cc1. The number of hydrogen-bond acceptors (Lipinski definition) is 4. The van der Waals surface area contributed by atoms with Crippen molar-refractivity contribution in [3.05, 3.63) is 60.4 Å². The predicted molar refractivity (Wildman–Crippen MR) is 109 cm³/mol. The lowest BCUT2D eigenvalue weighted by atomic mass is 10.2. The van der Waals surface area contributed by atoms with Crippen molar-refractivity contribution in [3.63, 3.8) is 0 Å². The maximum Gasteiger partial charge on any atom is 0.100 e. The minimum absolute atomic E-state index is 0.892. The zero-order chi connectivity index (χ0) is 18.3. The largest absolute Gasteiger partial charge is 0.379 e. The van der Waals surface area contributed by atoms with Crippen molar-refractivity contribution >= 4 is 11.0 Å². The van der Waals surface area contributed by atoms with Crippen molar-refractivity contribution < 1.29 is 4.74 Å². The maximum absolute atomic E-state index is 5.39. The highest BCUT2D eigenvalue weighted by atomic mass is 16.5. The third-order valence-electron chi connectivity index (χ3n) is 5.18. The summed E-state index contributed by atoms with van der Waals surface area (Å²) in [4.78, 5) is 6.97. The number of nitrogens with zero attached hydrogens (tertiary/aromatic N) is 3. The lowest BCUT2D eigenvalue weighted by Gasteiger charge is -2.26. The highest BCUT2D eigenvalue weighted by molar-refractivity contribution is 5.77. The van der Waals surface area contributed by atoms with Gasteiger partial charge in [-0.25, -0.2) is 4.98 Å². The molecule has 2 heterocycles. The van der Waals surface area contributed by atoms with E-state index in [1.165, 1.54) is 24.9 Å². The van der Waals surface area contributed by atoms with Crippen LogP contribution in [0.25, 0.3) is 16.7 Å². The fraction of sp³-hybridized carbons (Fsp3) is 0.409. The molecule has 4 rings (SSSR count). The van der Waals surface area contributed by atoms with Gasteiger partial charge in [-0.1, -0.05) is 24.3 Å². The monoisotopic (exact) mass is 364 g/mol. The summed E-state index contributed by atoms with van der Waals surface area (Å²) >= 11 is 0. The number of aromatic nitrogens is 2. The standard InChI is InChI=1S/C22H28N4O/c1-2-6-22-21(5-1)24-18-26(22)20-9-7-19(8-10-20)17-23-11-3-4-12-25-13-15-27-16-14-25/h1-2,5-10,18,23H,3-4,11-17H2. The van der Waals surface area contributed by atoms with E-state index in [0.717, 1.165) is 56.1 Å². The molecule has 0 amide bonds. The molecule has 5 heteroatoms. The summed E-state index contributed by atoms with van der Waals surface area (Å²) in [7, 11) is 0. The maximum atomic E-state index is 5.39. The average molecular weight is 364 g/mol. The normalized spacial score (nSPS) is 15.4. The first kappa shape index (κ1) is 18.2. The van der Waals surface area contributed by atoms with E-state index in [1.54, 1.807) is 0 Å². The number of morpholine rings is 1. The molecule has 0 bridgehead atoms. The quantitative estimate of drug-likeness (QED) is 0.623. The third kappa shape index (κ3) is 4.75. The number of benzene rings is 2. The van der Waals surface area contributed by atoms with Gasteiger partial charge in [-0.3, -0.25) is 9.47 Å². The van der Waals surface area contributed by atoms with E-state index in [0.29, 0.717) is 0 Å². The van der Waals surface area contributed by atoms with Gasteiger partial charge in [0, 0.05) is 25.3 Å². The Balaban J connectivity index is 1.21. The molecule has 0 unspecified atom stereocenters. The summed E-state index contributed by atoms with van der Waals surface area (Å²) in [6, 6.07) is 17.0. The fourth-order valence-corrected chi connectivity index (χ4v) is 3.58. The van der Waals surface area contributed by atoms with Crippen LogP contribution in [0.4, 0.5) is 0 Å². The molecule has 1 fully saturated rings. The smallest absolute Gasteiger partial charge is 0.100 e. The number of fused-ring (bicyclic) bond motifs is 1. The van der Waals surface area contributed by atoms with Gasteiger partial charge < -0.3 is 10.1 Å². The highest BCUT2D eigenvalue weighted by Crippen LogP contribution is 2.18. The van der Waals surface area contributed by atoms with Gasteiger partial charge in [-0.2, -0.15) is 0 Å². The van der Waals surface area contributed by atoms with Gasteiger partial charge in [0.2, 0.25) is 0 Å². The lowest BCUT2D eigenvalue weighted by Crippen LogP contribution is -2.37. The summed E-state index contributed by atoms with van der Waals surface area (Å²) in [5.74, 6) is 0. The van der Waals surface area contributed by atoms with E-state index in [-0.39, 0.29) is 0 Å². The van der Waals surface area contributed by atoms with E-state index in [4.69, 9.17) is 4.74 Å². The Bertz CT molecular complexity index is 837. The second kappa shape index (κ2) is 9.13. The average Bonchev–Trinajstić information content (AvgIpc) is 3.16. The zero-order valence-corrected chi connectivity index (χ0v) is 15.8. The van der Waals surface area contributed by atoms with Gasteiger partial charge in [0.1, 0.15) is 6.33 Å². The first-order valence-corrected chi connectivity index (χ1v) is 9.92. The number of nitrogens with one attached hydrogen (secondary N) is 1. The molecule has 27 heavy (non-hydrogen) atoms. The highest BCUT2D eigenvalue weighted by Gasteiger charge is 2.09. The second-order valence-corrected chi connectivity index (χ2v) is 7.11. The molecule has 1 aliphatic rings. The molecule has 0 atom stereocenters. The topological polar surface area (TPSA) is 42.3 Å². The number of rotatable bonds is 8. The van der Waals surface area contributed by atoms with Crippen molar-refractivity contribution in [3.8, 4) is 5.69 Å². The molecule has 0 aliphatic carbocycles. The Morgan fingerprint density at radius 3 is 2.63 bits per heavy atom. The third-order valence-corrected chi connectivity index (χ3v) is 5.18.